The van der Waals surface area contributed by atoms with E-state index in [1.807, 2.05) is 12.1 Å². The summed E-state index contributed by atoms with van der Waals surface area (Å²) in [7, 11) is -3.42. The molecule has 29 heavy (non-hydrogen) atoms. The van der Waals surface area contributed by atoms with Gasteiger partial charge in [-0.1, -0.05) is 31.9 Å². The van der Waals surface area contributed by atoms with Crippen LogP contribution in [0.2, 0.25) is 0 Å². The third-order valence-electron chi connectivity index (χ3n) is 5.29. The van der Waals surface area contributed by atoms with Crippen molar-refractivity contribution >= 4 is 27.3 Å². The van der Waals surface area contributed by atoms with Gasteiger partial charge >= 0.3 is 0 Å². The number of carbonyl (C=O) groups excluding carboxylic acids is 1. The third-order valence-corrected chi connectivity index (χ3v) is 8.43. The Morgan fingerprint density at radius 2 is 1.66 bits per heavy atom. The molecule has 0 aliphatic carbocycles. The fourth-order valence-corrected chi connectivity index (χ4v) is 5.91. The highest BCUT2D eigenvalue weighted by atomic mass is 32.2. The minimum atomic E-state index is -3.42. The first-order valence-corrected chi connectivity index (χ1v) is 12.7. The number of hydrogen-bond acceptors (Lipinski definition) is 4. The number of benzene rings is 1. The predicted molar refractivity (Wildman–Crippen MR) is 118 cm³/mol. The summed E-state index contributed by atoms with van der Waals surface area (Å²) in [5, 5.41) is 2.96. The second-order valence-electron chi connectivity index (χ2n) is 7.46. The molecule has 2 aromatic rings. The second kappa shape index (κ2) is 10.4. The number of thiophene rings is 1. The molecule has 0 bridgehead atoms. The molecule has 1 amide bonds. The van der Waals surface area contributed by atoms with Crippen molar-refractivity contribution in [3.05, 3.63) is 51.7 Å². The SMILES string of the molecule is CCc1ccc(CNC(=O)CCc2ccc(S(=O)(=O)N3CCCCCC3)cc2)s1. The van der Waals surface area contributed by atoms with Gasteiger partial charge in [-0.2, -0.15) is 4.31 Å². The first-order valence-electron chi connectivity index (χ1n) is 10.4. The topological polar surface area (TPSA) is 66.5 Å². The van der Waals surface area contributed by atoms with E-state index < -0.39 is 10.0 Å². The van der Waals surface area contributed by atoms with Crippen LogP contribution in [0, 0.1) is 0 Å². The summed E-state index contributed by atoms with van der Waals surface area (Å²) >= 11 is 1.73. The molecular formula is C22H30N2O3S2. The van der Waals surface area contributed by atoms with Crippen LogP contribution in [0.5, 0.6) is 0 Å². The molecule has 0 atom stereocenters. The zero-order valence-corrected chi connectivity index (χ0v) is 18.7. The van der Waals surface area contributed by atoms with Crippen LogP contribution in [-0.4, -0.2) is 31.7 Å². The zero-order chi connectivity index (χ0) is 20.7. The molecule has 1 N–H and O–H groups in total. The van der Waals surface area contributed by atoms with Crippen LogP contribution in [0.1, 0.15) is 54.3 Å². The summed E-state index contributed by atoms with van der Waals surface area (Å²) in [6.45, 7) is 3.90. The van der Waals surface area contributed by atoms with Gasteiger partial charge in [0.25, 0.3) is 0 Å². The van der Waals surface area contributed by atoms with Gasteiger partial charge in [-0.25, -0.2) is 8.42 Å². The summed E-state index contributed by atoms with van der Waals surface area (Å²) in [5.41, 5.74) is 0.972. The van der Waals surface area contributed by atoms with E-state index in [0.717, 1.165) is 37.7 Å². The summed E-state index contributed by atoms with van der Waals surface area (Å²) in [6.07, 6.45) is 6.06. The highest BCUT2D eigenvalue weighted by Crippen LogP contribution is 2.21. The molecule has 1 aliphatic heterocycles. The minimum Gasteiger partial charge on any atom is -0.351 e. The normalized spacial score (nSPS) is 15.8. The Hall–Kier alpha value is -1.70. The van der Waals surface area contributed by atoms with Gasteiger partial charge in [-0.3, -0.25) is 4.79 Å². The smallest absolute Gasteiger partial charge is 0.243 e. The number of amides is 1. The minimum absolute atomic E-state index is 0.0118. The standard InChI is InChI=1S/C22H30N2O3S2/c1-2-19-10-11-20(28-19)17-23-22(25)14-9-18-7-12-21(13-8-18)29(26,27)24-15-5-3-4-6-16-24/h7-8,10-13H,2-6,9,14-17H2,1H3,(H,23,25). The first-order chi connectivity index (χ1) is 14.0. The fourth-order valence-electron chi connectivity index (χ4n) is 3.50. The van der Waals surface area contributed by atoms with Crippen LogP contribution in [-0.2, 0) is 34.2 Å². The van der Waals surface area contributed by atoms with Crippen molar-refractivity contribution in [2.24, 2.45) is 0 Å². The molecule has 0 unspecified atom stereocenters. The van der Waals surface area contributed by atoms with Crippen LogP contribution in [0.4, 0.5) is 0 Å². The Labute approximate surface area is 178 Å². The lowest BCUT2D eigenvalue weighted by molar-refractivity contribution is -0.121. The number of aryl methyl sites for hydroxylation is 2. The van der Waals surface area contributed by atoms with E-state index in [1.165, 1.54) is 9.75 Å². The quantitative estimate of drug-likeness (QED) is 0.679. The number of nitrogens with zero attached hydrogens (tertiary/aromatic N) is 1. The van der Waals surface area contributed by atoms with Crippen molar-refractivity contribution < 1.29 is 13.2 Å². The van der Waals surface area contributed by atoms with E-state index in [4.69, 9.17) is 0 Å². The zero-order valence-electron chi connectivity index (χ0n) is 17.0. The molecule has 1 aromatic heterocycles. The number of hydrogen-bond donors (Lipinski definition) is 1. The van der Waals surface area contributed by atoms with Crippen LogP contribution < -0.4 is 5.32 Å². The molecule has 7 heteroatoms. The van der Waals surface area contributed by atoms with E-state index in [-0.39, 0.29) is 5.91 Å². The molecule has 1 fully saturated rings. The first kappa shape index (κ1) is 22.0. The van der Waals surface area contributed by atoms with Crippen LogP contribution in [0.15, 0.2) is 41.3 Å². The maximum absolute atomic E-state index is 12.8. The number of carbonyl (C=O) groups is 1. The highest BCUT2D eigenvalue weighted by molar-refractivity contribution is 7.89. The lowest BCUT2D eigenvalue weighted by Crippen LogP contribution is -2.31. The van der Waals surface area contributed by atoms with Gasteiger partial charge in [0, 0.05) is 29.3 Å². The van der Waals surface area contributed by atoms with E-state index in [9.17, 15) is 13.2 Å². The summed E-state index contributed by atoms with van der Waals surface area (Å²) in [6, 6.07) is 11.2. The Balaban J connectivity index is 1.50. The molecule has 0 saturated carbocycles. The molecule has 1 aliphatic rings. The molecule has 1 saturated heterocycles. The Morgan fingerprint density at radius 3 is 2.28 bits per heavy atom. The van der Waals surface area contributed by atoms with Gasteiger partial charge in [-0.15, -0.1) is 11.3 Å². The average molecular weight is 435 g/mol. The van der Waals surface area contributed by atoms with E-state index >= 15 is 0 Å². The van der Waals surface area contributed by atoms with Crippen molar-refractivity contribution in [1.29, 1.82) is 0 Å². The van der Waals surface area contributed by atoms with Crippen molar-refractivity contribution in [3.63, 3.8) is 0 Å². The largest absolute Gasteiger partial charge is 0.351 e. The molecule has 0 spiro atoms. The van der Waals surface area contributed by atoms with E-state index in [1.54, 1.807) is 27.8 Å². The van der Waals surface area contributed by atoms with E-state index in [0.29, 0.717) is 37.4 Å². The molecule has 5 nitrogen and oxygen atoms in total. The maximum atomic E-state index is 12.8. The number of rotatable bonds is 8. The average Bonchev–Trinajstić information content (AvgIpc) is 3.01. The van der Waals surface area contributed by atoms with Gasteiger partial charge in [0.1, 0.15) is 0 Å². The molecular weight excluding hydrogens is 404 g/mol. The molecule has 2 heterocycles. The molecule has 0 radical (unpaired) electrons. The predicted octanol–water partition coefficient (Wildman–Crippen LogP) is 4.12. The fraction of sp³-hybridized carbons (Fsp3) is 0.500. The van der Waals surface area contributed by atoms with Crippen molar-refractivity contribution in [2.45, 2.75) is 63.3 Å². The van der Waals surface area contributed by atoms with Crippen LogP contribution in [0.3, 0.4) is 0 Å². The maximum Gasteiger partial charge on any atom is 0.243 e. The third kappa shape index (κ3) is 6.14. The van der Waals surface area contributed by atoms with Gasteiger partial charge in [0.05, 0.1) is 11.4 Å². The summed E-state index contributed by atoms with van der Waals surface area (Å²) in [5.74, 6) is 0.0118. The second-order valence-corrected chi connectivity index (χ2v) is 10.7. The van der Waals surface area contributed by atoms with Crippen molar-refractivity contribution in [1.82, 2.24) is 9.62 Å². The number of nitrogens with one attached hydrogen (secondary N) is 1. The lowest BCUT2D eigenvalue weighted by atomic mass is 10.1. The lowest BCUT2D eigenvalue weighted by Gasteiger charge is -2.20. The van der Waals surface area contributed by atoms with Crippen LogP contribution in [0.25, 0.3) is 0 Å². The van der Waals surface area contributed by atoms with Crippen LogP contribution >= 0.6 is 11.3 Å². The summed E-state index contributed by atoms with van der Waals surface area (Å²) in [4.78, 5) is 15.0. The summed E-state index contributed by atoms with van der Waals surface area (Å²) < 4.78 is 27.3. The van der Waals surface area contributed by atoms with Crippen molar-refractivity contribution in [3.8, 4) is 0 Å². The highest BCUT2D eigenvalue weighted by Gasteiger charge is 2.24. The van der Waals surface area contributed by atoms with E-state index in [2.05, 4.69) is 24.4 Å². The molecule has 158 valence electrons. The monoisotopic (exact) mass is 434 g/mol. The Kier molecular flexibility index (Phi) is 7.86. The Morgan fingerprint density at radius 1 is 1.00 bits per heavy atom. The number of sulfonamides is 1. The van der Waals surface area contributed by atoms with Gasteiger partial charge in [-0.05, 0) is 55.5 Å². The van der Waals surface area contributed by atoms with Gasteiger partial charge < -0.3 is 5.32 Å². The Bertz CT molecular complexity index is 896. The van der Waals surface area contributed by atoms with Crippen molar-refractivity contribution in [2.75, 3.05) is 13.1 Å². The van der Waals surface area contributed by atoms with Gasteiger partial charge in [0.2, 0.25) is 15.9 Å². The molecule has 3 rings (SSSR count). The van der Waals surface area contributed by atoms with Gasteiger partial charge in [0.15, 0.2) is 0 Å². The molecule has 1 aromatic carbocycles.